The number of aromatic nitrogens is 4. The van der Waals surface area contributed by atoms with E-state index in [-0.39, 0.29) is 0 Å². The number of hydrogen-bond donors (Lipinski definition) is 1. The van der Waals surface area contributed by atoms with Crippen LogP contribution in [-0.2, 0) is 12.3 Å². The van der Waals surface area contributed by atoms with Crippen molar-refractivity contribution < 1.29 is 0 Å². The lowest BCUT2D eigenvalue weighted by Crippen LogP contribution is -1.99. The van der Waals surface area contributed by atoms with E-state index in [1.54, 1.807) is 11.8 Å². The summed E-state index contributed by atoms with van der Waals surface area (Å²) in [4.78, 5) is 3.34. The van der Waals surface area contributed by atoms with E-state index in [1.807, 2.05) is 12.3 Å². The standard InChI is InChI=1S/C23H20N4S/c1-2-27-22(20-14-24-21-13-6-5-12-19(20)21)25-26-23(27)28-15-17-10-7-9-16-8-3-4-11-18(16)17/h3-14,24H,2,15H2,1H3. The van der Waals surface area contributed by atoms with E-state index in [0.29, 0.717) is 0 Å². The van der Waals surface area contributed by atoms with Gasteiger partial charge in [0.05, 0.1) is 0 Å². The summed E-state index contributed by atoms with van der Waals surface area (Å²) in [6, 6.07) is 23.3. The SMILES string of the molecule is CCn1c(SCc2cccc3ccccc23)nnc1-c1c[nH]c2ccccc12. The molecular formula is C23H20N4S. The molecule has 0 aliphatic heterocycles. The van der Waals surface area contributed by atoms with Crippen LogP contribution in [0.1, 0.15) is 12.5 Å². The Bertz CT molecular complexity index is 1260. The smallest absolute Gasteiger partial charge is 0.191 e. The van der Waals surface area contributed by atoms with Crippen molar-refractivity contribution in [2.45, 2.75) is 24.4 Å². The molecule has 0 unspecified atom stereocenters. The van der Waals surface area contributed by atoms with E-state index in [1.165, 1.54) is 21.7 Å². The first-order valence-corrected chi connectivity index (χ1v) is 10.4. The summed E-state index contributed by atoms with van der Waals surface area (Å²) in [6.45, 7) is 2.98. The molecule has 0 bridgehead atoms. The van der Waals surface area contributed by atoms with Crippen LogP contribution in [0.25, 0.3) is 33.1 Å². The van der Waals surface area contributed by atoms with Crippen molar-refractivity contribution in [2.75, 3.05) is 0 Å². The molecule has 0 atom stereocenters. The molecule has 0 spiro atoms. The maximum Gasteiger partial charge on any atom is 0.191 e. The van der Waals surface area contributed by atoms with E-state index in [2.05, 4.69) is 87.3 Å². The van der Waals surface area contributed by atoms with Gasteiger partial charge in [-0.25, -0.2) is 0 Å². The molecule has 0 radical (unpaired) electrons. The normalized spacial score (nSPS) is 11.5. The van der Waals surface area contributed by atoms with Crippen LogP contribution in [0.2, 0.25) is 0 Å². The fourth-order valence-electron chi connectivity index (χ4n) is 3.70. The minimum absolute atomic E-state index is 0.833. The number of aromatic amines is 1. The first-order valence-electron chi connectivity index (χ1n) is 9.44. The van der Waals surface area contributed by atoms with Gasteiger partial charge in [-0.1, -0.05) is 72.4 Å². The Kier molecular flexibility index (Phi) is 4.37. The maximum absolute atomic E-state index is 4.53. The van der Waals surface area contributed by atoms with Gasteiger partial charge in [0.15, 0.2) is 11.0 Å². The van der Waals surface area contributed by atoms with Crippen LogP contribution in [0.3, 0.4) is 0 Å². The Morgan fingerprint density at radius 2 is 1.68 bits per heavy atom. The molecule has 0 saturated carbocycles. The predicted octanol–water partition coefficient (Wildman–Crippen LogP) is 5.89. The molecular weight excluding hydrogens is 364 g/mol. The number of hydrogen-bond acceptors (Lipinski definition) is 3. The predicted molar refractivity (Wildman–Crippen MR) is 116 cm³/mol. The van der Waals surface area contributed by atoms with Crippen LogP contribution >= 0.6 is 11.8 Å². The van der Waals surface area contributed by atoms with Crippen molar-refractivity contribution in [3.8, 4) is 11.4 Å². The minimum atomic E-state index is 0.833. The largest absolute Gasteiger partial charge is 0.360 e. The van der Waals surface area contributed by atoms with Crippen molar-refractivity contribution >= 4 is 33.4 Å². The fourth-order valence-corrected chi connectivity index (χ4v) is 4.70. The summed E-state index contributed by atoms with van der Waals surface area (Å²) in [7, 11) is 0. The topological polar surface area (TPSA) is 46.5 Å². The average Bonchev–Trinajstić information content (AvgIpc) is 3.35. The van der Waals surface area contributed by atoms with Crippen LogP contribution < -0.4 is 0 Å². The Hall–Kier alpha value is -3.05. The van der Waals surface area contributed by atoms with Gasteiger partial charge in [-0.2, -0.15) is 0 Å². The highest BCUT2D eigenvalue weighted by molar-refractivity contribution is 7.98. The zero-order valence-electron chi connectivity index (χ0n) is 15.6. The monoisotopic (exact) mass is 384 g/mol. The lowest BCUT2D eigenvalue weighted by atomic mass is 10.1. The molecule has 0 fully saturated rings. The van der Waals surface area contributed by atoms with Gasteiger partial charge in [-0.05, 0) is 29.3 Å². The molecule has 2 aromatic heterocycles. The first-order chi connectivity index (χ1) is 13.8. The first kappa shape index (κ1) is 17.1. The Labute approximate surface area is 167 Å². The highest BCUT2D eigenvalue weighted by atomic mass is 32.2. The third-order valence-corrected chi connectivity index (χ3v) is 6.12. The molecule has 1 N–H and O–H groups in total. The molecule has 138 valence electrons. The van der Waals surface area contributed by atoms with E-state index in [0.717, 1.165) is 34.4 Å². The highest BCUT2D eigenvalue weighted by Crippen LogP contribution is 2.32. The number of H-pyrrole nitrogens is 1. The van der Waals surface area contributed by atoms with Gasteiger partial charge in [-0.3, -0.25) is 0 Å². The third kappa shape index (κ3) is 2.88. The molecule has 5 heteroatoms. The number of para-hydroxylation sites is 1. The number of rotatable bonds is 5. The highest BCUT2D eigenvalue weighted by Gasteiger charge is 2.16. The number of thioether (sulfide) groups is 1. The lowest BCUT2D eigenvalue weighted by molar-refractivity contribution is 0.687. The molecule has 3 aromatic carbocycles. The van der Waals surface area contributed by atoms with E-state index in [9.17, 15) is 0 Å². The molecule has 0 aliphatic rings. The number of nitrogens with one attached hydrogen (secondary N) is 1. The van der Waals surface area contributed by atoms with Gasteiger partial charge < -0.3 is 9.55 Å². The molecule has 5 aromatic rings. The molecule has 5 rings (SSSR count). The van der Waals surface area contributed by atoms with Gasteiger partial charge in [-0.15, -0.1) is 10.2 Å². The second kappa shape index (κ2) is 7.17. The summed E-state index contributed by atoms with van der Waals surface area (Å²) >= 11 is 1.74. The minimum Gasteiger partial charge on any atom is -0.360 e. The van der Waals surface area contributed by atoms with Crippen molar-refractivity contribution in [1.29, 1.82) is 0 Å². The van der Waals surface area contributed by atoms with Gasteiger partial charge in [0.2, 0.25) is 0 Å². The molecule has 0 aliphatic carbocycles. The van der Waals surface area contributed by atoms with Crippen molar-refractivity contribution in [3.63, 3.8) is 0 Å². The van der Waals surface area contributed by atoms with E-state index < -0.39 is 0 Å². The van der Waals surface area contributed by atoms with E-state index in [4.69, 9.17) is 0 Å². The summed E-state index contributed by atoms with van der Waals surface area (Å²) in [5.41, 5.74) is 3.54. The van der Waals surface area contributed by atoms with Crippen molar-refractivity contribution in [3.05, 3.63) is 78.5 Å². The zero-order chi connectivity index (χ0) is 18.9. The summed E-state index contributed by atoms with van der Waals surface area (Å²) in [5, 5.41) is 13.7. The van der Waals surface area contributed by atoms with Gasteiger partial charge in [0, 0.05) is 35.0 Å². The van der Waals surface area contributed by atoms with Gasteiger partial charge in [0.1, 0.15) is 0 Å². The molecule has 28 heavy (non-hydrogen) atoms. The van der Waals surface area contributed by atoms with Crippen molar-refractivity contribution in [1.82, 2.24) is 19.7 Å². The summed E-state index contributed by atoms with van der Waals surface area (Å²) in [5.74, 6) is 1.79. The second-order valence-corrected chi connectivity index (χ2v) is 7.67. The van der Waals surface area contributed by atoms with Crippen molar-refractivity contribution in [2.24, 2.45) is 0 Å². The summed E-state index contributed by atoms with van der Waals surface area (Å²) in [6.07, 6.45) is 2.03. The third-order valence-electron chi connectivity index (χ3n) is 5.10. The molecule has 2 heterocycles. The molecule has 4 nitrogen and oxygen atoms in total. The van der Waals surface area contributed by atoms with Crippen LogP contribution in [0.4, 0.5) is 0 Å². The Morgan fingerprint density at radius 1 is 0.893 bits per heavy atom. The molecule has 0 saturated heterocycles. The number of nitrogens with zero attached hydrogens (tertiary/aromatic N) is 3. The Balaban J connectivity index is 1.48. The molecule has 0 amide bonds. The second-order valence-electron chi connectivity index (χ2n) is 6.73. The average molecular weight is 385 g/mol. The van der Waals surface area contributed by atoms with Crippen LogP contribution in [0.15, 0.2) is 78.1 Å². The quantitative estimate of drug-likeness (QED) is 0.384. The van der Waals surface area contributed by atoms with E-state index >= 15 is 0 Å². The number of benzene rings is 3. The van der Waals surface area contributed by atoms with Gasteiger partial charge >= 0.3 is 0 Å². The maximum atomic E-state index is 4.53. The van der Waals surface area contributed by atoms with Crippen LogP contribution in [-0.4, -0.2) is 19.7 Å². The Morgan fingerprint density at radius 3 is 2.57 bits per heavy atom. The zero-order valence-corrected chi connectivity index (χ0v) is 16.4. The van der Waals surface area contributed by atoms with Crippen LogP contribution in [0.5, 0.6) is 0 Å². The number of fused-ring (bicyclic) bond motifs is 2. The fraction of sp³-hybridized carbons (Fsp3) is 0.130. The summed E-state index contributed by atoms with van der Waals surface area (Å²) < 4.78 is 2.20. The lowest BCUT2D eigenvalue weighted by Gasteiger charge is -2.08. The van der Waals surface area contributed by atoms with Crippen LogP contribution in [0, 0.1) is 0 Å². The van der Waals surface area contributed by atoms with Gasteiger partial charge in [0.25, 0.3) is 0 Å².